The summed E-state index contributed by atoms with van der Waals surface area (Å²) < 4.78 is 25.0. The lowest BCUT2D eigenvalue weighted by Gasteiger charge is -2.23. The van der Waals surface area contributed by atoms with Crippen LogP contribution in [0.25, 0.3) is 5.57 Å². The molecule has 0 unspecified atom stereocenters. The van der Waals surface area contributed by atoms with Gasteiger partial charge in [0.2, 0.25) is 0 Å². The molecule has 1 aromatic heterocycles. The summed E-state index contributed by atoms with van der Waals surface area (Å²) in [5, 5.41) is 0. The number of rotatable bonds is 7. The Morgan fingerprint density at radius 2 is 1.88 bits per heavy atom. The number of hydrogen-bond acceptors (Lipinski definition) is 4. The molecule has 0 N–H and O–H groups in total. The Labute approximate surface area is 151 Å². The molecular formula is C17H20BrN2O3P. The van der Waals surface area contributed by atoms with Crippen molar-refractivity contribution in [3.63, 3.8) is 0 Å². The molecule has 0 radical (unpaired) electrons. The zero-order chi connectivity index (χ0) is 17.6. The van der Waals surface area contributed by atoms with E-state index in [1.54, 1.807) is 24.1 Å². The second-order valence-corrected chi connectivity index (χ2v) is 8.31. The highest BCUT2D eigenvalue weighted by molar-refractivity contribution is 9.10. The summed E-state index contributed by atoms with van der Waals surface area (Å²) >= 11 is 3.45. The number of aromatic nitrogens is 1. The van der Waals surface area contributed by atoms with Gasteiger partial charge in [0.25, 0.3) is 0 Å². The first-order chi connectivity index (χ1) is 11.5. The van der Waals surface area contributed by atoms with E-state index in [0.717, 1.165) is 21.2 Å². The fraction of sp³-hybridized carbons (Fsp3) is 0.235. The molecule has 24 heavy (non-hydrogen) atoms. The third kappa shape index (κ3) is 4.62. The van der Waals surface area contributed by atoms with Crippen molar-refractivity contribution in [2.45, 2.75) is 0 Å². The summed E-state index contributed by atoms with van der Waals surface area (Å²) in [6.07, 6.45) is 5.53. The van der Waals surface area contributed by atoms with Crippen molar-refractivity contribution in [3.05, 3.63) is 70.5 Å². The number of halogens is 1. The van der Waals surface area contributed by atoms with Crippen molar-refractivity contribution >= 4 is 29.2 Å². The van der Waals surface area contributed by atoms with Crippen LogP contribution in [-0.4, -0.2) is 37.5 Å². The van der Waals surface area contributed by atoms with Crippen molar-refractivity contribution in [2.24, 2.45) is 0 Å². The maximum atomic E-state index is 12.4. The van der Waals surface area contributed by atoms with Crippen molar-refractivity contribution in [2.75, 3.05) is 27.8 Å². The van der Waals surface area contributed by atoms with Crippen LogP contribution in [0.2, 0.25) is 0 Å². The topological polar surface area (TPSA) is 51.7 Å². The quantitative estimate of drug-likeness (QED) is 0.623. The molecule has 2 aromatic rings. The lowest BCUT2D eigenvalue weighted by atomic mass is 9.99. The van der Waals surface area contributed by atoms with Gasteiger partial charge in [-0.15, -0.1) is 0 Å². The van der Waals surface area contributed by atoms with E-state index < -0.39 is 7.75 Å². The smallest absolute Gasteiger partial charge is 0.300 e. The fourth-order valence-electron chi connectivity index (χ4n) is 2.23. The van der Waals surface area contributed by atoms with Gasteiger partial charge in [0.15, 0.2) is 0 Å². The normalized spacial score (nSPS) is 12.6. The van der Waals surface area contributed by atoms with Gasteiger partial charge in [-0.3, -0.25) is 14.0 Å². The lowest BCUT2D eigenvalue weighted by molar-refractivity contribution is 0.226. The van der Waals surface area contributed by atoms with Gasteiger partial charge in [-0.2, -0.15) is 0 Å². The molecule has 0 atom stereocenters. The van der Waals surface area contributed by atoms with Gasteiger partial charge in [-0.25, -0.2) is 9.24 Å². The van der Waals surface area contributed by atoms with E-state index >= 15 is 0 Å². The molecule has 2 rings (SSSR count). The zero-order valence-electron chi connectivity index (χ0n) is 13.8. The molecule has 7 heteroatoms. The average Bonchev–Trinajstić information content (AvgIpc) is 2.63. The van der Waals surface area contributed by atoms with Crippen LogP contribution < -0.4 is 0 Å². The lowest BCUT2D eigenvalue weighted by Crippen LogP contribution is -2.17. The van der Waals surface area contributed by atoms with Crippen LogP contribution in [0, 0.1) is 0 Å². The van der Waals surface area contributed by atoms with E-state index in [-0.39, 0.29) is 0 Å². The summed E-state index contributed by atoms with van der Waals surface area (Å²) in [7, 11) is 1.20. The molecule has 1 heterocycles. The van der Waals surface area contributed by atoms with E-state index in [2.05, 4.69) is 20.9 Å². The maximum Gasteiger partial charge on any atom is 0.407 e. The number of nitrogens with zero attached hydrogens (tertiary/aromatic N) is 2. The maximum absolute atomic E-state index is 12.4. The highest BCUT2D eigenvalue weighted by Gasteiger charge is 2.26. The number of hydrogen-bond donors (Lipinski definition) is 0. The fourth-order valence-corrected chi connectivity index (χ4v) is 3.48. The van der Waals surface area contributed by atoms with E-state index in [1.807, 2.05) is 42.5 Å². The van der Waals surface area contributed by atoms with E-state index in [4.69, 9.17) is 9.05 Å². The first-order valence-electron chi connectivity index (χ1n) is 7.30. The first-order valence-corrected chi connectivity index (χ1v) is 9.58. The zero-order valence-corrected chi connectivity index (χ0v) is 16.3. The second-order valence-electron chi connectivity index (χ2n) is 5.04. The van der Waals surface area contributed by atoms with Crippen molar-refractivity contribution in [1.29, 1.82) is 0 Å². The van der Waals surface area contributed by atoms with Crippen molar-refractivity contribution in [1.82, 2.24) is 9.65 Å². The Balaban J connectivity index is 2.36. The van der Waals surface area contributed by atoms with Crippen LogP contribution in [-0.2, 0) is 13.6 Å². The largest absolute Gasteiger partial charge is 0.407 e. The third-order valence-electron chi connectivity index (χ3n) is 3.57. The van der Waals surface area contributed by atoms with Gasteiger partial charge >= 0.3 is 7.75 Å². The van der Waals surface area contributed by atoms with Gasteiger partial charge in [0.1, 0.15) is 0 Å². The van der Waals surface area contributed by atoms with Crippen LogP contribution in [0.4, 0.5) is 0 Å². The molecule has 5 nitrogen and oxygen atoms in total. The molecule has 0 bridgehead atoms. The Morgan fingerprint density at radius 1 is 1.21 bits per heavy atom. The van der Waals surface area contributed by atoms with Gasteiger partial charge in [-0.1, -0.05) is 40.2 Å². The monoisotopic (exact) mass is 410 g/mol. The van der Waals surface area contributed by atoms with E-state index in [0.29, 0.717) is 6.54 Å². The van der Waals surface area contributed by atoms with E-state index in [9.17, 15) is 4.57 Å². The van der Waals surface area contributed by atoms with E-state index in [1.165, 1.54) is 14.2 Å². The molecule has 0 fully saturated rings. The number of pyridine rings is 1. The molecule has 1 aromatic carbocycles. The van der Waals surface area contributed by atoms with Crippen LogP contribution >= 0.6 is 23.7 Å². The molecule has 0 aliphatic carbocycles. The predicted octanol–water partition coefficient (Wildman–Crippen LogP) is 4.61. The van der Waals surface area contributed by atoms with Gasteiger partial charge < -0.3 is 0 Å². The molecule has 128 valence electrons. The van der Waals surface area contributed by atoms with Gasteiger partial charge in [0.05, 0.1) is 0 Å². The van der Waals surface area contributed by atoms with Crippen LogP contribution in [0.15, 0.2) is 59.3 Å². The minimum Gasteiger partial charge on any atom is -0.300 e. The predicted molar refractivity (Wildman–Crippen MR) is 99.7 cm³/mol. The highest BCUT2D eigenvalue weighted by atomic mass is 79.9. The third-order valence-corrected chi connectivity index (χ3v) is 6.02. The molecule has 0 saturated carbocycles. The Bertz CT molecular complexity index is 727. The Hall–Kier alpha value is -1.30. The SMILES string of the molecule is COP(=O)(OC)N(C)C/C=C(\c1ccc(Br)cc1)c1cccnc1. The van der Waals surface area contributed by atoms with Gasteiger partial charge in [0, 0.05) is 43.2 Å². The molecule has 0 aliphatic heterocycles. The second kappa shape index (κ2) is 8.70. The minimum atomic E-state index is -3.25. The molecule has 0 saturated heterocycles. The van der Waals surface area contributed by atoms with Crippen LogP contribution in [0.1, 0.15) is 11.1 Å². The van der Waals surface area contributed by atoms with Crippen LogP contribution in [0.5, 0.6) is 0 Å². The number of likely N-dealkylation sites (N-methyl/N-ethyl adjacent to an activating group) is 1. The summed E-state index contributed by atoms with van der Waals surface area (Å²) in [6, 6.07) is 11.9. The number of benzene rings is 1. The summed E-state index contributed by atoms with van der Waals surface area (Å²) in [4.78, 5) is 4.19. The molecule has 0 amide bonds. The summed E-state index contributed by atoms with van der Waals surface area (Å²) in [5.74, 6) is 0. The first kappa shape index (κ1) is 19.0. The van der Waals surface area contributed by atoms with Crippen molar-refractivity contribution in [3.8, 4) is 0 Å². The molecule has 0 spiro atoms. The van der Waals surface area contributed by atoms with Crippen molar-refractivity contribution < 1.29 is 13.6 Å². The van der Waals surface area contributed by atoms with Gasteiger partial charge in [-0.05, 0) is 36.4 Å². The highest BCUT2D eigenvalue weighted by Crippen LogP contribution is 2.49. The summed E-state index contributed by atoms with van der Waals surface area (Å²) in [6.45, 7) is 0.402. The Kier molecular flexibility index (Phi) is 6.90. The van der Waals surface area contributed by atoms with Crippen LogP contribution in [0.3, 0.4) is 0 Å². The average molecular weight is 411 g/mol. The summed E-state index contributed by atoms with van der Waals surface area (Å²) in [5.41, 5.74) is 3.03. The standard InChI is InChI=1S/C17H20BrN2O3P/c1-20(24(21,22-2)23-3)12-10-17(15-5-4-11-19-13-15)14-6-8-16(18)9-7-14/h4-11,13H,12H2,1-3H3/b17-10+. The minimum absolute atomic E-state index is 0.402. The Morgan fingerprint density at radius 3 is 2.42 bits per heavy atom. The molecule has 0 aliphatic rings. The molecular weight excluding hydrogens is 391 g/mol.